The Balaban J connectivity index is 1.92. The Hall–Kier alpha value is 0.1000. The zero-order chi connectivity index (χ0) is 20.4. The van der Waals surface area contributed by atoms with Crippen LogP contribution in [0.1, 0.15) is 45.9 Å². The van der Waals surface area contributed by atoms with Gasteiger partial charge in [0.1, 0.15) is 11.6 Å². The minimum atomic E-state index is -0.893. The Morgan fingerprint density at radius 3 is 0.714 bits per heavy atom. The van der Waals surface area contributed by atoms with Crippen molar-refractivity contribution in [3.8, 4) is 0 Å². The summed E-state index contributed by atoms with van der Waals surface area (Å²) < 4.78 is 0. The van der Waals surface area contributed by atoms with Crippen LogP contribution in [-0.4, -0.2) is 11.6 Å². The lowest BCUT2D eigenvalue weighted by Gasteiger charge is -2.25. The maximum absolute atomic E-state index is 13.3. The Kier molecular flexibility index (Phi) is 4.51. The lowest BCUT2D eigenvalue weighted by Crippen LogP contribution is -2.32. The van der Waals surface area contributed by atoms with Crippen molar-refractivity contribution in [3.63, 3.8) is 0 Å². The van der Waals surface area contributed by atoms with Gasteiger partial charge in [0.2, 0.25) is 0 Å². The topological polar surface area (TPSA) is 34.1 Å². The van der Waals surface area contributed by atoms with Crippen LogP contribution in [0.3, 0.4) is 0 Å². The van der Waals surface area contributed by atoms with Crippen molar-refractivity contribution in [1.82, 2.24) is 0 Å². The first-order valence-corrected chi connectivity index (χ1v) is 10.9. The normalized spacial score (nSPS) is 26.7. The van der Waals surface area contributed by atoms with Crippen molar-refractivity contribution >= 4 is 104 Å². The van der Waals surface area contributed by atoms with E-state index in [2.05, 4.69) is 0 Å². The molecule has 0 fully saturated rings. The van der Waals surface area contributed by atoms with Crippen molar-refractivity contribution < 1.29 is 9.59 Å². The van der Waals surface area contributed by atoms with Gasteiger partial charge in [-0.3, -0.25) is 9.59 Å². The molecule has 0 heterocycles. The second kappa shape index (κ2) is 6.31. The monoisotopic (exact) mass is 532 g/mol. The van der Waals surface area contributed by atoms with Gasteiger partial charge in [-0.05, 0) is 22.3 Å². The molecule has 0 unspecified atom stereocenters. The van der Waals surface area contributed by atoms with Gasteiger partial charge in [0, 0.05) is 0 Å². The first-order valence-electron chi connectivity index (χ1n) is 7.90. The van der Waals surface area contributed by atoms with Crippen LogP contribution in [0.25, 0.3) is 0 Å². The molecule has 3 aliphatic carbocycles. The smallest absolute Gasteiger partial charge is 0.150 e. The van der Waals surface area contributed by atoms with Crippen molar-refractivity contribution in [3.05, 3.63) is 62.4 Å². The molecule has 4 atom stereocenters. The summed E-state index contributed by atoms with van der Waals surface area (Å²) in [5.41, 5.74) is 1.67. The number of rotatable bonds is 0. The lowest BCUT2D eigenvalue weighted by atomic mass is 9.74. The van der Waals surface area contributed by atoms with Gasteiger partial charge < -0.3 is 0 Å². The van der Waals surface area contributed by atoms with Gasteiger partial charge in [-0.15, -0.1) is 0 Å². The number of Topliss-reactive ketones (excluding diaryl/α,β-unsaturated/α-hetero) is 2. The molecule has 0 spiro atoms. The summed E-state index contributed by atoms with van der Waals surface area (Å²) in [5, 5.41) is 0.575. The van der Waals surface area contributed by atoms with E-state index in [0.717, 1.165) is 0 Å². The summed E-state index contributed by atoms with van der Waals surface area (Å²) >= 11 is 50.6. The van der Waals surface area contributed by atoms with Crippen molar-refractivity contribution in [2.45, 2.75) is 23.7 Å². The molecule has 0 amide bonds. The lowest BCUT2D eigenvalue weighted by molar-refractivity contribution is -0.133. The van der Waals surface area contributed by atoms with E-state index in [9.17, 15) is 9.59 Å². The third kappa shape index (κ3) is 2.12. The van der Waals surface area contributed by atoms with Gasteiger partial charge in [0.25, 0.3) is 0 Å². The molecule has 0 aliphatic heterocycles. The molecule has 2 aromatic carbocycles. The third-order valence-electron chi connectivity index (χ3n) is 5.82. The molecule has 0 saturated heterocycles. The highest BCUT2D eigenvalue weighted by Crippen LogP contribution is 2.69. The molecule has 2 aromatic rings. The molecule has 0 N–H and O–H groups in total. The summed E-state index contributed by atoms with van der Waals surface area (Å²) in [6.45, 7) is 0. The van der Waals surface area contributed by atoms with E-state index in [0.29, 0.717) is 22.3 Å². The number of ketones is 2. The van der Waals surface area contributed by atoms with E-state index >= 15 is 0 Å². The summed E-state index contributed by atoms with van der Waals surface area (Å²) in [6, 6.07) is 0. The zero-order valence-corrected chi connectivity index (χ0v) is 19.2. The molecule has 0 aromatic heterocycles. The van der Waals surface area contributed by atoms with Crippen molar-refractivity contribution in [2.24, 2.45) is 0 Å². The number of hydrogen-bond donors (Lipinski definition) is 0. The highest BCUT2D eigenvalue weighted by Gasteiger charge is 2.64. The van der Waals surface area contributed by atoms with Crippen LogP contribution >= 0.6 is 92.8 Å². The molecule has 5 rings (SSSR count). The van der Waals surface area contributed by atoms with Crippen molar-refractivity contribution in [2.75, 3.05) is 0 Å². The summed E-state index contributed by atoms with van der Waals surface area (Å²) in [6.07, 6.45) is 0. The van der Waals surface area contributed by atoms with Crippen LogP contribution in [0.2, 0.25) is 40.2 Å². The highest BCUT2D eigenvalue weighted by atomic mass is 35.5. The van der Waals surface area contributed by atoms with E-state index in [4.69, 9.17) is 92.8 Å². The molecular weight excluding hydrogens is 532 g/mol. The number of halogens is 8. The van der Waals surface area contributed by atoms with Gasteiger partial charge in [0.05, 0.1) is 63.9 Å². The van der Waals surface area contributed by atoms with E-state index in [-0.39, 0.29) is 51.7 Å². The van der Waals surface area contributed by atoms with Crippen LogP contribution in [0, 0.1) is 0 Å². The Morgan fingerprint density at radius 2 is 0.536 bits per heavy atom. The number of carbonyl (C=O) groups is 2. The van der Waals surface area contributed by atoms with Crippen LogP contribution in [0.5, 0.6) is 0 Å². The minimum Gasteiger partial charge on any atom is -0.298 e. The van der Waals surface area contributed by atoms with E-state index in [1.807, 2.05) is 0 Å². The molecule has 2 nitrogen and oxygen atoms in total. The molecule has 0 radical (unpaired) electrons. The van der Waals surface area contributed by atoms with Crippen LogP contribution < -0.4 is 0 Å². The second-order valence-corrected chi connectivity index (χ2v) is 9.91. The fraction of sp³-hybridized carbons (Fsp3) is 0.222. The summed E-state index contributed by atoms with van der Waals surface area (Å²) in [7, 11) is 0. The van der Waals surface area contributed by atoms with E-state index in [1.54, 1.807) is 0 Å². The number of hydrogen-bond acceptors (Lipinski definition) is 2. The quantitative estimate of drug-likeness (QED) is 0.252. The zero-order valence-electron chi connectivity index (χ0n) is 13.1. The average molecular weight is 536 g/mol. The first-order chi connectivity index (χ1) is 13.1. The van der Waals surface area contributed by atoms with Gasteiger partial charge >= 0.3 is 0 Å². The average Bonchev–Trinajstić information content (AvgIpc) is 3.02. The minimum absolute atomic E-state index is 0.0363. The van der Waals surface area contributed by atoms with Crippen LogP contribution in [0.4, 0.5) is 0 Å². The Morgan fingerprint density at radius 1 is 0.357 bits per heavy atom. The van der Waals surface area contributed by atoms with Crippen molar-refractivity contribution in [1.29, 1.82) is 0 Å². The molecule has 10 heteroatoms. The predicted octanol–water partition coefficient (Wildman–Crippen LogP) is 8.13. The van der Waals surface area contributed by atoms with Crippen LogP contribution in [0.15, 0.2) is 0 Å². The number of carbonyl (C=O) groups excluding carboxylic acids is 2. The third-order valence-corrected chi connectivity index (χ3v) is 9.48. The number of fused-ring (bicyclic) bond motifs is 2. The standard InChI is InChI=1S/C18H4Cl8O2/c19-9-1-2(10(20)14(24)13(9)23)6-8-4-3(7(18(8)28)5(1)17(6)27)11(21)15(25)16(26)12(4)22/h5-8H/t5-,6+,7-,8+. The van der Waals surface area contributed by atoms with E-state index < -0.39 is 23.7 Å². The highest BCUT2D eigenvalue weighted by molar-refractivity contribution is 6.54. The predicted molar refractivity (Wildman–Crippen MR) is 114 cm³/mol. The Labute approximate surface area is 198 Å². The van der Waals surface area contributed by atoms with Gasteiger partial charge in [-0.2, -0.15) is 0 Å². The molecular formula is C18H4Cl8O2. The molecule has 0 saturated carbocycles. The largest absolute Gasteiger partial charge is 0.298 e. The molecule has 3 aliphatic rings. The van der Waals surface area contributed by atoms with Gasteiger partial charge in [0.15, 0.2) is 0 Å². The fourth-order valence-corrected chi connectivity index (χ4v) is 7.06. The fourth-order valence-electron chi connectivity index (χ4n) is 4.83. The molecule has 144 valence electrons. The first kappa shape index (κ1) is 20.0. The SMILES string of the molecule is O=C1[C@@H]2c3c(Cl)c(Cl)c(Cl)c(Cl)c3[C@H]1[C@H]1C(=O)[C@@H]2c2c(Cl)c(Cl)c(Cl)c(Cl)c21. The maximum Gasteiger partial charge on any atom is 0.150 e. The summed E-state index contributed by atoms with van der Waals surface area (Å²) in [4.78, 5) is 26.7. The number of benzene rings is 2. The van der Waals surface area contributed by atoms with E-state index in [1.165, 1.54) is 0 Å². The molecule has 4 bridgehead atoms. The van der Waals surface area contributed by atoms with Gasteiger partial charge in [-0.25, -0.2) is 0 Å². The summed E-state index contributed by atoms with van der Waals surface area (Å²) in [5.74, 6) is -3.98. The maximum atomic E-state index is 13.3. The second-order valence-electron chi connectivity index (χ2n) is 6.88. The Bertz CT molecular complexity index is 994. The molecule has 28 heavy (non-hydrogen) atoms. The van der Waals surface area contributed by atoms with Crippen LogP contribution in [-0.2, 0) is 9.59 Å². The van der Waals surface area contributed by atoms with Gasteiger partial charge in [-0.1, -0.05) is 92.8 Å².